The third-order valence-electron chi connectivity index (χ3n) is 4.93. The maximum absolute atomic E-state index is 13.0. The predicted molar refractivity (Wildman–Crippen MR) is 118 cm³/mol. The van der Waals surface area contributed by atoms with E-state index in [0.717, 1.165) is 16.7 Å². The fraction of sp³-hybridized carbons (Fsp3) is 0.160. The van der Waals surface area contributed by atoms with E-state index in [1.165, 1.54) is 0 Å². The number of hydrogen-bond acceptors (Lipinski definition) is 5. The molecule has 6 nitrogen and oxygen atoms in total. The first-order chi connectivity index (χ1) is 15.2. The van der Waals surface area contributed by atoms with Crippen molar-refractivity contribution in [2.24, 2.45) is 0 Å². The van der Waals surface area contributed by atoms with Crippen molar-refractivity contribution in [2.45, 2.75) is 13.2 Å². The normalized spacial score (nSPS) is 10.6. The lowest BCUT2D eigenvalue weighted by atomic mass is 10.1. The Morgan fingerprint density at radius 2 is 1.65 bits per heavy atom. The number of carbonyl (C=O) groups is 1. The van der Waals surface area contributed by atoms with Gasteiger partial charge in [0.1, 0.15) is 17.9 Å². The number of para-hydroxylation sites is 2. The number of rotatable bonds is 8. The summed E-state index contributed by atoms with van der Waals surface area (Å²) in [5, 5.41) is 3.78. The van der Waals surface area contributed by atoms with Crippen molar-refractivity contribution in [1.29, 1.82) is 0 Å². The number of fused-ring (bicyclic) bond motifs is 1. The van der Waals surface area contributed by atoms with Crippen LogP contribution in [-0.2, 0) is 13.2 Å². The molecule has 0 saturated carbocycles. The lowest BCUT2D eigenvalue weighted by Gasteiger charge is -2.10. The first kappa shape index (κ1) is 20.3. The van der Waals surface area contributed by atoms with Crippen LogP contribution in [0.4, 0.5) is 0 Å². The molecule has 0 fully saturated rings. The van der Waals surface area contributed by atoms with Gasteiger partial charge in [-0.05, 0) is 35.9 Å². The smallest absolute Gasteiger partial charge is 0.287 e. The number of amides is 1. The number of nitrogens with one attached hydrogen (secondary N) is 1. The minimum absolute atomic E-state index is 0.222. The van der Waals surface area contributed by atoms with E-state index in [4.69, 9.17) is 18.6 Å². The SMILES string of the molecule is COc1ccc(CNC(=O)c2oc3ccccc3c2COc2ccccc2)cc1OC. The van der Waals surface area contributed by atoms with Gasteiger partial charge in [0, 0.05) is 17.5 Å². The van der Waals surface area contributed by atoms with Gasteiger partial charge in [0.2, 0.25) is 0 Å². The van der Waals surface area contributed by atoms with Gasteiger partial charge < -0.3 is 23.9 Å². The van der Waals surface area contributed by atoms with Gasteiger partial charge in [-0.3, -0.25) is 4.79 Å². The Labute approximate surface area is 180 Å². The van der Waals surface area contributed by atoms with E-state index in [1.54, 1.807) is 20.3 Å². The summed E-state index contributed by atoms with van der Waals surface area (Å²) in [5.41, 5.74) is 2.24. The van der Waals surface area contributed by atoms with Crippen LogP contribution in [0.2, 0.25) is 0 Å². The summed E-state index contributed by atoms with van der Waals surface area (Å²) in [6.45, 7) is 0.537. The summed E-state index contributed by atoms with van der Waals surface area (Å²) in [5.74, 6) is 1.91. The summed E-state index contributed by atoms with van der Waals surface area (Å²) >= 11 is 0. The Morgan fingerprint density at radius 1 is 0.903 bits per heavy atom. The zero-order chi connectivity index (χ0) is 21.6. The van der Waals surface area contributed by atoms with Crippen LogP contribution >= 0.6 is 0 Å². The Morgan fingerprint density at radius 3 is 2.42 bits per heavy atom. The molecule has 4 rings (SSSR count). The first-order valence-corrected chi connectivity index (χ1v) is 9.87. The molecular formula is C25H23NO5. The molecule has 1 N–H and O–H groups in total. The molecular weight excluding hydrogens is 394 g/mol. The zero-order valence-corrected chi connectivity index (χ0v) is 17.4. The molecule has 3 aromatic carbocycles. The van der Waals surface area contributed by atoms with Gasteiger partial charge in [0.05, 0.1) is 14.2 Å². The summed E-state index contributed by atoms with van der Waals surface area (Å²) in [6, 6.07) is 22.5. The van der Waals surface area contributed by atoms with E-state index in [9.17, 15) is 4.79 Å². The molecule has 0 aliphatic carbocycles. The second-order valence-electron chi connectivity index (χ2n) is 6.88. The molecule has 1 amide bonds. The van der Waals surface area contributed by atoms with Crippen LogP contribution in [-0.4, -0.2) is 20.1 Å². The molecule has 0 bridgehead atoms. The maximum Gasteiger partial charge on any atom is 0.287 e. The van der Waals surface area contributed by atoms with E-state index < -0.39 is 0 Å². The Bertz CT molecular complexity index is 1180. The highest BCUT2D eigenvalue weighted by Gasteiger charge is 2.21. The quantitative estimate of drug-likeness (QED) is 0.439. The Balaban J connectivity index is 1.54. The molecule has 0 saturated heterocycles. The van der Waals surface area contributed by atoms with E-state index in [0.29, 0.717) is 29.2 Å². The molecule has 31 heavy (non-hydrogen) atoms. The van der Waals surface area contributed by atoms with Gasteiger partial charge in [0.25, 0.3) is 5.91 Å². The van der Waals surface area contributed by atoms with Gasteiger partial charge in [-0.25, -0.2) is 0 Å². The summed E-state index contributed by atoms with van der Waals surface area (Å²) in [7, 11) is 3.16. The highest BCUT2D eigenvalue weighted by molar-refractivity contribution is 5.99. The molecule has 0 radical (unpaired) electrons. The lowest BCUT2D eigenvalue weighted by molar-refractivity contribution is 0.0922. The van der Waals surface area contributed by atoms with Crippen molar-refractivity contribution in [2.75, 3.05) is 14.2 Å². The lowest BCUT2D eigenvalue weighted by Crippen LogP contribution is -2.23. The number of furan rings is 1. The number of hydrogen-bond donors (Lipinski definition) is 1. The van der Waals surface area contributed by atoms with Crippen molar-refractivity contribution in [3.05, 3.63) is 89.7 Å². The largest absolute Gasteiger partial charge is 0.493 e. The number of carbonyl (C=O) groups excluding carboxylic acids is 1. The van der Waals surface area contributed by atoms with Crippen molar-refractivity contribution in [3.63, 3.8) is 0 Å². The van der Waals surface area contributed by atoms with Crippen molar-refractivity contribution in [1.82, 2.24) is 5.32 Å². The molecule has 0 aliphatic rings. The molecule has 1 aromatic heterocycles. The van der Waals surface area contributed by atoms with E-state index >= 15 is 0 Å². The second kappa shape index (κ2) is 9.26. The van der Waals surface area contributed by atoms with Crippen LogP contribution in [0.3, 0.4) is 0 Å². The van der Waals surface area contributed by atoms with Crippen LogP contribution in [0.5, 0.6) is 17.2 Å². The average Bonchev–Trinajstić information content (AvgIpc) is 3.20. The number of ether oxygens (including phenoxy) is 3. The van der Waals surface area contributed by atoms with Crippen molar-refractivity contribution >= 4 is 16.9 Å². The van der Waals surface area contributed by atoms with E-state index in [-0.39, 0.29) is 18.3 Å². The third-order valence-corrected chi connectivity index (χ3v) is 4.93. The van der Waals surface area contributed by atoms with Crippen LogP contribution in [0, 0.1) is 0 Å². The molecule has 4 aromatic rings. The highest BCUT2D eigenvalue weighted by atomic mass is 16.5. The Kier molecular flexibility index (Phi) is 6.08. The second-order valence-corrected chi connectivity index (χ2v) is 6.88. The average molecular weight is 417 g/mol. The van der Waals surface area contributed by atoms with Crippen LogP contribution in [0.15, 0.2) is 77.2 Å². The zero-order valence-electron chi connectivity index (χ0n) is 17.4. The van der Waals surface area contributed by atoms with E-state index in [2.05, 4.69) is 5.32 Å². The Hall–Kier alpha value is -3.93. The van der Waals surface area contributed by atoms with Crippen molar-refractivity contribution in [3.8, 4) is 17.2 Å². The van der Waals surface area contributed by atoms with Crippen LogP contribution < -0.4 is 19.5 Å². The fourth-order valence-corrected chi connectivity index (χ4v) is 3.35. The molecule has 158 valence electrons. The van der Waals surface area contributed by atoms with Gasteiger partial charge in [-0.2, -0.15) is 0 Å². The molecule has 6 heteroatoms. The standard InChI is InChI=1S/C25H23NO5/c1-28-22-13-12-17(14-23(22)29-2)15-26-25(27)24-20(16-30-18-8-4-3-5-9-18)19-10-6-7-11-21(19)31-24/h3-14H,15-16H2,1-2H3,(H,26,27). The molecule has 0 atom stereocenters. The molecule has 1 heterocycles. The van der Waals surface area contributed by atoms with Crippen LogP contribution in [0.25, 0.3) is 11.0 Å². The van der Waals surface area contributed by atoms with Gasteiger partial charge in [0.15, 0.2) is 17.3 Å². The monoisotopic (exact) mass is 417 g/mol. The summed E-state index contributed by atoms with van der Waals surface area (Å²) in [6.07, 6.45) is 0. The van der Waals surface area contributed by atoms with Crippen molar-refractivity contribution < 1.29 is 23.4 Å². The highest BCUT2D eigenvalue weighted by Crippen LogP contribution is 2.29. The number of benzene rings is 3. The summed E-state index contributed by atoms with van der Waals surface area (Å²) in [4.78, 5) is 13.0. The minimum Gasteiger partial charge on any atom is -0.493 e. The van der Waals surface area contributed by atoms with Crippen LogP contribution in [0.1, 0.15) is 21.7 Å². The molecule has 0 unspecified atom stereocenters. The third kappa shape index (κ3) is 4.48. The van der Waals surface area contributed by atoms with Gasteiger partial charge in [-0.15, -0.1) is 0 Å². The van der Waals surface area contributed by atoms with Gasteiger partial charge >= 0.3 is 0 Å². The molecule has 0 aliphatic heterocycles. The molecule has 0 spiro atoms. The first-order valence-electron chi connectivity index (χ1n) is 9.87. The number of methoxy groups -OCH3 is 2. The predicted octanol–water partition coefficient (Wildman–Crippen LogP) is 4.96. The topological polar surface area (TPSA) is 69.9 Å². The fourth-order valence-electron chi connectivity index (χ4n) is 3.35. The summed E-state index contributed by atoms with van der Waals surface area (Å²) < 4.78 is 22.4. The van der Waals surface area contributed by atoms with Gasteiger partial charge in [-0.1, -0.05) is 42.5 Å². The minimum atomic E-state index is -0.308. The van der Waals surface area contributed by atoms with E-state index in [1.807, 2.05) is 66.7 Å². The maximum atomic E-state index is 13.0.